The first-order chi connectivity index (χ1) is 14.7. The van der Waals surface area contributed by atoms with Crippen LogP contribution >= 0.6 is 23.5 Å². The molecule has 12 nitrogen and oxygen atoms in total. The van der Waals surface area contributed by atoms with Gasteiger partial charge < -0.3 is 15.0 Å². The number of aryl methyl sites for hydroxylation is 1. The highest BCUT2D eigenvalue weighted by atomic mass is 32.2. The second-order valence-corrected chi connectivity index (χ2v) is 8.18. The molecule has 1 aliphatic rings. The van der Waals surface area contributed by atoms with Crippen LogP contribution in [-0.2, 0) is 23.1 Å². The van der Waals surface area contributed by atoms with Crippen LogP contribution in [0.15, 0.2) is 16.5 Å². The van der Waals surface area contributed by atoms with Crippen molar-refractivity contribution in [1.82, 2.24) is 45.3 Å². The zero-order chi connectivity index (χ0) is 20.9. The number of carbonyl (C=O) groups is 1. The Morgan fingerprint density at radius 1 is 1.30 bits per heavy atom. The molecule has 1 fully saturated rings. The number of thioether (sulfide) groups is 2. The lowest BCUT2D eigenvalue weighted by Crippen LogP contribution is -2.37. The van der Waals surface area contributed by atoms with E-state index in [9.17, 15) is 4.79 Å². The van der Waals surface area contributed by atoms with Crippen molar-refractivity contribution < 1.29 is 9.53 Å². The average Bonchev–Trinajstić information content (AvgIpc) is 3.38. The van der Waals surface area contributed by atoms with Gasteiger partial charge in [0.2, 0.25) is 11.1 Å². The molecule has 4 heterocycles. The lowest BCUT2D eigenvalue weighted by atomic mass is 10.3. The SMILES string of the molecule is CSc1nc(N2CCOCC2)c2cnn(CCNC(=O)CSc3nnnn3C)c2n1. The largest absolute Gasteiger partial charge is 0.378 e. The van der Waals surface area contributed by atoms with E-state index in [1.807, 2.05) is 6.26 Å². The first kappa shape index (κ1) is 20.8. The van der Waals surface area contributed by atoms with E-state index in [4.69, 9.17) is 9.72 Å². The molecule has 0 aliphatic carbocycles. The van der Waals surface area contributed by atoms with E-state index in [0.29, 0.717) is 36.6 Å². The summed E-state index contributed by atoms with van der Waals surface area (Å²) < 4.78 is 8.79. The van der Waals surface area contributed by atoms with Crippen molar-refractivity contribution in [3.05, 3.63) is 6.20 Å². The normalized spacial score (nSPS) is 14.4. The molecule has 14 heteroatoms. The second kappa shape index (κ2) is 9.57. The van der Waals surface area contributed by atoms with E-state index in [-0.39, 0.29) is 11.7 Å². The van der Waals surface area contributed by atoms with E-state index in [1.165, 1.54) is 28.2 Å². The maximum atomic E-state index is 12.1. The van der Waals surface area contributed by atoms with E-state index in [0.717, 1.165) is 29.9 Å². The maximum absolute atomic E-state index is 12.1. The molecule has 0 atom stereocenters. The Hall–Kier alpha value is -2.45. The summed E-state index contributed by atoms with van der Waals surface area (Å²) in [5, 5.41) is 20.7. The third-order valence-electron chi connectivity index (χ3n) is 4.51. The van der Waals surface area contributed by atoms with Gasteiger partial charge in [0.15, 0.2) is 10.8 Å². The first-order valence-electron chi connectivity index (χ1n) is 9.38. The quantitative estimate of drug-likeness (QED) is 0.362. The Balaban J connectivity index is 1.40. The van der Waals surface area contributed by atoms with Gasteiger partial charge in [-0.3, -0.25) is 4.79 Å². The van der Waals surface area contributed by atoms with Crippen LogP contribution < -0.4 is 10.2 Å². The van der Waals surface area contributed by atoms with Crippen molar-refractivity contribution in [2.75, 3.05) is 49.8 Å². The number of hydrogen-bond acceptors (Lipinski definition) is 11. The fraction of sp³-hybridized carbons (Fsp3) is 0.562. The maximum Gasteiger partial charge on any atom is 0.230 e. The van der Waals surface area contributed by atoms with Gasteiger partial charge in [-0.1, -0.05) is 23.5 Å². The van der Waals surface area contributed by atoms with E-state index in [2.05, 4.69) is 35.8 Å². The number of aromatic nitrogens is 8. The number of amides is 1. The predicted octanol–water partition coefficient (Wildman–Crippen LogP) is -0.183. The summed E-state index contributed by atoms with van der Waals surface area (Å²) in [7, 11) is 1.74. The first-order valence-corrected chi connectivity index (χ1v) is 11.6. The molecule has 0 saturated carbocycles. The van der Waals surface area contributed by atoms with Crippen molar-refractivity contribution in [2.45, 2.75) is 16.9 Å². The molecule has 4 rings (SSSR count). The summed E-state index contributed by atoms with van der Waals surface area (Å²) in [6, 6.07) is 0. The molecule has 160 valence electrons. The number of tetrazole rings is 1. The van der Waals surface area contributed by atoms with E-state index < -0.39 is 0 Å². The van der Waals surface area contributed by atoms with Crippen LogP contribution in [0, 0.1) is 0 Å². The van der Waals surface area contributed by atoms with Crippen LogP contribution in [-0.4, -0.2) is 90.7 Å². The molecular formula is C16H22N10O2S2. The summed E-state index contributed by atoms with van der Waals surface area (Å²) in [5.41, 5.74) is 0.768. The van der Waals surface area contributed by atoms with Crippen LogP contribution in [0.3, 0.4) is 0 Å². The van der Waals surface area contributed by atoms with Crippen LogP contribution in [0.1, 0.15) is 0 Å². The van der Waals surface area contributed by atoms with Crippen molar-refractivity contribution in [1.29, 1.82) is 0 Å². The molecule has 3 aromatic rings. The van der Waals surface area contributed by atoms with Crippen molar-refractivity contribution in [3.8, 4) is 0 Å². The molecular weight excluding hydrogens is 428 g/mol. The number of ether oxygens (including phenoxy) is 1. The summed E-state index contributed by atoms with van der Waals surface area (Å²) in [5.74, 6) is 1.04. The summed E-state index contributed by atoms with van der Waals surface area (Å²) in [4.78, 5) is 23.7. The van der Waals surface area contributed by atoms with Gasteiger partial charge in [0.25, 0.3) is 0 Å². The minimum atomic E-state index is -0.0899. The lowest BCUT2D eigenvalue weighted by molar-refractivity contribution is -0.118. The summed E-state index contributed by atoms with van der Waals surface area (Å²) in [6.07, 6.45) is 3.75. The van der Waals surface area contributed by atoms with Gasteiger partial charge in [0.1, 0.15) is 5.82 Å². The minimum Gasteiger partial charge on any atom is -0.378 e. The smallest absolute Gasteiger partial charge is 0.230 e. The number of nitrogens with zero attached hydrogens (tertiary/aromatic N) is 9. The van der Waals surface area contributed by atoms with Gasteiger partial charge in [0.05, 0.1) is 37.1 Å². The standard InChI is InChI=1S/C16H22N10O2S2/c1-24-16(21-22-23-24)30-10-12(27)17-3-4-26-14-11(9-18-26)13(19-15(20-14)29-2)25-5-7-28-8-6-25/h9H,3-8,10H2,1-2H3,(H,17,27). The average molecular weight is 451 g/mol. The molecule has 0 unspecified atom stereocenters. The number of carbonyl (C=O) groups excluding carboxylic acids is 1. The topological polar surface area (TPSA) is 129 Å². The highest BCUT2D eigenvalue weighted by Crippen LogP contribution is 2.27. The minimum absolute atomic E-state index is 0.0899. The lowest BCUT2D eigenvalue weighted by Gasteiger charge is -2.28. The zero-order valence-corrected chi connectivity index (χ0v) is 18.3. The number of hydrogen-bond donors (Lipinski definition) is 1. The Morgan fingerprint density at radius 3 is 2.87 bits per heavy atom. The second-order valence-electron chi connectivity index (χ2n) is 6.46. The number of nitrogens with one attached hydrogen (secondary N) is 1. The molecule has 1 N–H and O–H groups in total. The van der Waals surface area contributed by atoms with Crippen molar-refractivity contribution >= 4 is 46.3 Å². The van der Waals surface area contributed by atoms with Gasteiger partial charge in [0, 0.05) is 26.7 Å². The molecule has 1 saturated heterocycles. The molecule has 0 radical (unpaired) electrons. The number of anilines is 1. The van der Waals surface area contributed by atoms with Gasteiger partial charge in [-0.25, -0.2) is 19.3 Å². The molecule has 0 bridgehead atoms. The Bertz CT molecular complexity index is 1020. The predicted molar refractivity (Wildman–Crippen MR) is 113 cm³/mol. The molecule has 3 aromatic heterocycles. The van der Waals surface area contributed by atoms with E-state index >= 15 is 0 Å². The third kappa shape index (κ3) is 4.65. The van der Waals surface area contributed by atoms with Gasteiger partial charge in [-0.2, -0.15) is 5.10 Å². The molecule has 0 spiro atoms. The molecule has 0 aromatic carbocycles. The summed E-state index contributed by atoms with van der Waals surface area (Å²) >= 11 is 2.79. The fourth-order valence-corrected chi connectivity index (χ4v) is 4.05. The van der Waals surface area contributed by atoms with Gasteiger partial charge in [-0.05, 0) is 16.7 Å². The number of fused-ring (bicyclic) bond motifs is 1. The van der Waals surface area contributed by atoms with Crippen molar-refractivity contribution in [2.24, 2.45) is 7.05 Å². The van der Waals surface area contributed by atoms with Gasteiger partial charge >= 0.3 is 0 Å². The molecule has 30 heavy (non-hydrogen) atoms. The fourth-order valence-electron chi connectivity index (χ4n) is 3.02. The monoisotopic (exact) mass is 450 g/mol. The van der Waals surface area contributed by atoms with Crippen LogP contribution in [0.4, 0.5) is 5.82 Å². The molecule has 1 amide bonds. The zero-order valence-electron chi connectivity index (χ0n) is 16.7. The highest BCUT2D eigenvalue weighted by Gasteiger charge is 2.20. The van der Waals surface area contributed by atoms with Crippen molar-refractivity contribution in [3.63, 3.8) is 0 Å². The number of rotatable bonds is 8. The third-order valence-corrected chi connectivity index (χ3v) is 6.07. The number of morpholine rings is 1. The highest BCUT2D eigenvalue weighted by molar-refractivity contribution is 7.99. The molecule has 1 aliphatic heterocycles. The Kier molecular flexibility index (Phi) is 6.64. The Morgan fingerprint density at radius 2 is 2.13 bits per heavy atom. The Labute approximate surface area is 181 Å². The van der Waals surface area contributed by atoms with E-state index in [1.54, 1.807) is 17.9 Å². The van der Waals surface area contributed by atoms with Crippen LogP contribution in [0.25, 0.3) is 11.0 Å². The van der Waals surface area contributed by atoms with Gasteiger partial charge in [-0.15, -0.1) is 5.10 Å². The van der Waals surface area contributed by atoms with Crippen LogP contribution in [0.5, 0.6) is 0 Å². The summed E-state index contributed by atoms with van der Waals surface area (Å²) in [6.45, 7) is 3.91. The van der Waals surface area contributed by atoms with Crippen LogP contribution in [0.2, 0.25) is 0 Å².